The Balaban J connectivity index is 1.80. The Morgan fingerprint density at radius 1 is 1.15 bits per heavy atom. The maximum absolute atomic E-state index is 9.88. The minimum Gasteiger partial charge on any atom is -0.390 e. The van der Waals surface area contributed by atoms with Crippen molar-refractivity contribution in [3.05, 3.63) is 42.5 Å². The van der Waals surface area contributed by atoms with Crippen LogP contribution in [0.25, 0.3) is 10.8 Å². The third-order valence-corrected chi connectivity index (χ3v) is 4.25. The van der Waals surface area contributed by atoms with E-state index in [0.29, 0.717) is 12.4 Å². The maximum atomic E-state index is 9.88. The van der Waals surface area contributed by atoms with Crippen molar-refractivity contribution in [2.75, 3.05) is 19.0 Å². The van der Waals surface area contributed by atoms with Gasteiger partial charge in [-0.3, -0.25) is 0 Å². The molecule has 0 bridgehead atoms. The Hall–Kier alpha value is -1.03. The average Bonchev–Trinajstić information content (AvgIpc) is 2.49. The fourth-order valence-corrected chi connectivity index (χ4v) is 2.82. The maximum Gasteiger partial charge on any atom is 0.0867 e. The Kier molecular flexibility index (Phi) is 6.37. The predicted molar refractivity (Wildman–Crippen MR) is 86.4 cm³/mol. The lowest BCUT2D eigenvalue weighted by molar-refractivity contribution is 0.0473. The van der Waals surface area contributed by atoms with Crippen molar-refractivity contribution in [2.24, 2.45) is 0 Å². The van der Waals surface area contributed by atoms with Gasteiger partial charge in [0.2, 0.25) is 0 Å². The SMILES string of the molecule is CCCCOCC(O)CSc1ccc2ccccc2c1. The highest BCUT2D eigenvalue weighted by Gasteiger charge is 2.05. The van der Waals surface area contributed by atoms with E-state index in [9.17, 15) is 5.11 Å². The first-order chi connectivity index (χ1) is 9.79. The minimum atomic E-state index is -0.400. The highest BCUT2D eigenvalue weighted by molar-refractivity contribution is 7.99. The summed E-state index contributed by atoms with van der Waals surface area (Å²) < 4.78 is 5.43. The van der Waals surface area contributed by atoms with Gasteiger partial charge in [0, 0.05) is 17.3 Å². The van der Waals surface area contributed by atoms with Crippen LogP contribution in [-0.4, -0.2) is 30.2 Å². The highest BCUT2D eigenvalue weighted by Crippen LogP contribution is 2.24. The average molecular weight is 290 g/mol. The summed E-state index contributed by atoms with van der Waals surface area (Å²) in [5, 5.41) is 12.4. The van der Waals surface area contributed by atoms with E-state index in [1.54, 1.807) is 11.8 Å². The third kappa shape index (κ3) is 4.82. The first kappa shape index (κ1) is 15.4. The fraction of sp³-hybridized carbons (Fsp3) is 0.412. The molecule has 0 spiro atoms. The summed E-state index contributed by atoms with van der Waals surface area (Å²) in [5.74, 6) is 0.671. The van der Waals surface area contributed by atoms with Crippen LogP contribution in [0.3, 0.4) is 0 Å². The Morgan fingerprint density at radius 2 is 1.95 bits per heavy atom. The normalized spacial score (nSPS) is 12.7. The monoisotopic (exact) mass is 290 g/mol. The molecule has 1 atom stereocenters. The molecule has 0 heterocycles. The van der Waals surface area contributed by atoms with Gasteiger partial charge in [-0.15, -0.1) is 11.8 Å². The predicted octanol–water partition coefficient (Wildman–Crippen LogP) is 4.11. The minimum absolute atomic E-state index is 0.400. The van der Waals surface area contributed by atoms with E-state index in [2.05, 4.69) is 37.3 Å². The third-order valence-electron chi connectivity index (χ3n) is 3.12. The highest BCUT2D eigenvalue weighted by atomic mass is 32.2. The number of aliphatic hydroxyl groups is 1. The summed E-state index contributed by atoms with van der Waals surface area (Å²) >= 11 is 1.68. The second-order valence-corrected chi connectivity index (χ2v) is 6.00. The second kappa shape index (κ2) is 8.30. The molecule has 0 radical (unpaired) electrons. The zero-order valence-electron chi connectivity index (χ0n) is 11.9. The number of rotatable bonds is 8. The van der Waals surface area contributed by atoms with Gasteiger partial charge in [-0.25, -0.2) is 0 Å². The van der Waals surface area contributed by atoms with E-state index >= 15 is 0 Å². The second-order valence-electron chi connectivity index (χ2n) is 4.90. The summed E-state index contributed by atoms with van der Waals surface area (Å²) in [6.07, 6.45) is 1.79. The van der Waals surface area contributed by atoms with E-state index in [1.165, 1.54) is 15.7 Å². The number of fused-ring (bicyclic) bond motifs is 1. The summed E-state index contributed by atoms with van der Waals surface area (Å²) in [4.78, 5) is 1.19. The first-order valence-corrected chi connectivity index (χ1v) is 8.15. The molecule has 0 aliphatic carbocycles. The molecule has 2 aromatic carbocycles. The van der Waals surface area contributed by atoms with E-state index in [4.69, 9.17) is 4.74 Å². The van der Waals surface area contributed by atoms with Crippen LogP contribution in [0.15, 0.2) is 47.4 Å². The van der Waals surface area contributed by atoms with Crippen LogP contribution >= 0.6 is 11.8 Å². The standard InChI is InChI=1S/C17H22O2S/c1-2-3-10-19-12-16(18)13-20-17-9-8-14-6-4-5-7-15(14)11-17/h4-9,11,16,18H,2-3,10,12-13H2,1H3. The van der Waals surface area contributed by atoms with Crippen molar-refractivity contribution in [2.45, 2.75) is 30.8 Å². The van der Waals surface area contributed by atoms with Gasteiger partial charge in [-0.1, -0.05) is 43.7 Å². The molecule has 3 heteroatoms. The van der Waals surface area contributed by atoms with Crippen LogP contribution < -0.4 is 0 Å². The molecule has 0 amide bonds. The van der Waals surface area contributed by atoms with Crippen molar-refractivity contribution in [3.63, 3.8) is 0 Å². The van der Waals surface area contributed by atoms with Gasteiger partial charge in [0.05, 0.1) is 12.7 Å². The summed E-state index contributed by atoms with van der Waals surface area (Å²) in [6.45, 7) is 3.31. The van der Waals surface area contributed by atoms with E-state index in [0.717, 1.165) is 19.4 Å². The number of unbranched alkanes of at least 4 members (excludes halogenated alkanes) is 1. The summed E-state index contributed by atoms with van der Waals surface area (Å²) in [6, 6.07) is 14.7. The van der Waals surface area contributed by atoms with Gasteiger partial charge in [0.25, 0.3) is 0 Å². The van der Waals surface area contributed by atoms with E-state index in [1.807, 2.05) is 12.1 Å². The van der Waals surface area contributed by atoms with Crippen molar-refractivity contribution in [3.8, 4) is 0 Å². The van der Waals surface area contributed by atoms with Crippen molar-refractivity contribution < 1.29 is 9.84 Å². The zero-order valence-corrected chi connectivity index (χ0v) is 12.7. The smallest absolute Gasteiger partial charge is 0.0867 e. The first-order valence-electron chi connectivity index (χ1n) is 7.17. The molecule has 0 aliphatic heterocycles. The van der Waals surface area contributed by atoms with E-state index < -0.39 is 6.10 Å². The van der Waals surface area contributed by atoms with Crippen LogP contribution in [0, 0.1) is 0 Å². The molecule has 20 heavy (non-hydrogen) atoms. The number of aliphatic hydroxyl groups excluding tert-OH is 1. The molecule has 0 aliphatic rings. The molecule has 2 aromatic rings. The van der Waals surface area contributed by atoms with Gasteiger partial charge in [-0.05, 0) is 29.3 Å². The molecule has 2 rings (SSSR count). The summed E-state index contributed by atoms with van der Waals surface area (Å²) in [5.41, 5.74) is 0. The Labute approximate surface area is 125 Å². The molecule has 108 valence electrons. The molecule has 0 aromatic heterocycles. The number of hydrogen-bond donors (Lipinski definition) is 1. The van der Waals surface area contributed by atoms with Gasteiger partial charge < -0.3 is 9.84 Å². The van der Waals surface area contributed by atoms with Gasteiger partial charge >= 0.3 is 0 Å². The fourth-order valence-electron chi connectivity index (χ4n) is 1.96. The molecule has 2 nitrogen and oxygen atoms in total. The Morgan fingerprint density at radius 3 is 2.75 bits per heavy atom. The molecule has 1 unspecified atom stereocenters. The van der Waals surface area contributed by atoms with Crippen LogP contribution in [0.5, 0.6) is 0 Å². The number of hydrogen-bond acceptors (Lipinski definition) is 3. The van der Waals surface area contributed by atoms with Crippen LogP contribution in [0.1, 0.15) is 19.8 Å². The number of benzene rings is 2. The molecular weight excluding hydrogens is 268 g/mol. The summed E-state index contributed by atoms with van der Waals surface area (Å²) in [7, 11) is 0. The Bertz CT molecular complexity index is 527. The molecule has 0 fully saturated rings. The van der Waals surface area contributed by atoms with Crippen LogP contribution in [-0.2, 0) is 4.74 Å². The van der Waals surface area contributed by atoms with E-state index in [-0.39, 0.29) is 0 Å². The van der Waals surface area contributed by atoms with Crippen molar-refractivity contribution in [1.29, 1.82) is 0 Å². The van der Waals surface area contributed by atoms with Crippen molar-refractivity contribution in [1.82, 2.24) is 0 Å². The molecular formula is C17H22O2S. The van der Waals surface area contributed by atoms with Gasteiger partial charge in [0.1, 0.15) is 0 Å². The van der Waals surface area contributed by atoms with Crippen LogP contribution in [0.2, 0.25) is 0 Å². The molecule has 0 saturated carbocycles. The lowest BCUT2D eigenvalue weighted by atomic mass is 10.1. The lowest BCUT2D eigenvalue weighted by Gasteiger charge is -2.11. The number of ether oxygens (including phenoxy) is 1. The van der Waals surface area contributed by atoms with Gasteiger partial charge in [0.15, 0.2) is 0 Å². The topological polar surface area (TPSA) is 29.5 Å². The molecule has 0 saturated heterocycles. The molecule has 1 N–H and O–H groups in total. The van der Waals surface area contributed by atoms with Crippen LogP contribution in [0.4, 0.5) is 0 Å². The van der Waals surface area contributed by atoms with Crippen molar-refractivity contribution >= 4 is 22.5 Å². The van der Waals surface area contributed by atoms with Gasteiger partial charge in [-0.2, -0.15) is 0 Å². The quantitative estimate of drug-likeness (QED) is 0.586. The largest absolute Gasteiger partial charge is 0.390 e. The lowest BCUT2D eigenvalue weighted by Crippen LogP contribution is -2.18. The zero-order chi connectivity index (χ0) is 14.2. The number of thioether (sulfide) groups is 1.